The maximum absolute atomic E-state index is 10.4. The van der Waals surface area contributed by atoms with E-state index in [1.807, 2.05) is 19.1 Å². The van der Waals surface area contributed by atoms with Gasteiger partial charge in [-0.15, -0.1) is 0 Å². The topological polar surface area (TPSA) is 98.0 Å². The predicted octanol–water partition coefficient (Wildman–Crippen LogP) is 2.91. The molecule has 25 heavy (non-hydrogen) atoms. The van der Waals surface area contributed by atoms with Crippen LogP contribution in [0.3, 0.4) is 0 Å². The zero-order chi connectivity index (χ0) is 18.9. The van der Waals surface area contributed by atoms with Gasteiger partial charge in [-0.25, -0.2) is 0 Å². The van der Waals surface area contributed by atoms with Crippen LogP contribution in [0, 0.1) is 0 Å². The molecule has 5 heteroatoms. The molecule has 0 aliphatic heterocycles. The fraction of sp³-hybridized carbons (Fsp3) is 0.450. The largest absolute Gasteiger partial charge is 0.481 e. The third-order valence-corrected chi connectivity index (χ3v) is 3.26. The normalized spacial score (nSPS) is 16.6. The molecule has 0 heterocycles. The Balaban J connectivity index is 4.02. The lowest BCUT2D eigenvalue weighted by Gasteiger charge is -2.13. The van der Waals surface area contributed by atoms with Crippen LogP contribution in [0.2, 0.25) is 0 Å². The van der Waals surface area contributed by atoms with E-state index >= 15 is 0 Å². The second-order valence-corrected chi connectivity index (χ2v) is 5.57. The second kappa shape index (κ2) is 15.6. The number of rotatable bonds is 13. The van der Waals surface area contributed by atoms with Crippen molar-refractivity contribution >= 4 is 5.97 Å². The van der Waals surface area contributed by atoms with Crippen LogP contribution in [0.5, 0.6) is 0 Å². The lowest BCUT2D eigenvalue weighted by molar-refractivity contribution is -0.137. The van der Waals surface area contributed by atoms with E-state index < -0.39 is 24.3 Å². The maximum Gasteiger partial charge on any atom is 0.303 e. The third-order valence-electron chi connectivity index (χ3n) is 3.26. The first-order chi connectivity index (χ1) is 12.0. The van der Waals surface area contributed by atoms with Crippen molar-refractivity contribution in [2.45, 2.75) is 57.3 Å². The number of allylic oxidation sites excluding steroid dienone is 7. The van der Waals surface area contributed by atoms with Crippen LogP contribution in [-0.4, -0.2) is 44.7 Å². The zero-order valence-corrected chi connectivity index (χ0v) is 14.7. The van der Waals surface area contributed by atoms with Crippen molar-refractivity contribution in [1.29, 1.82) is 0 Å². The van der Waals surface area contributed by atoms with Gasteiger partial charge in [0.1, 0.15) is 0 Å². The van der Waals surface area contributed by atoms with Gasteiger partial charge in [-0.2, -0.15) is 0 Å². The quantitative estimate of drug-likeness (QED) is 0.302. The molecule has 140 valence electrons. The standard InChI is InChI=1S/C20H30O5/c1-2-3-8-12-17(21)13-9-6-4-5-7-10-14-18(22)19(23)15-11-16-20(24)25/h3-10,13-14,17-19,21-23H,2,11-12,15-16H2,1H3,(H,24,25)/b6-4+,7-5-,8-3-,13-9+,14-10-/t17?,18-,19?/m1/s1. The first-order valence-electron chi connectivity index (χ1n) is 8.56. The number of carbonyl (C=O) groups is 1. The van der Waals surface area contributed by atoms with E-state index in [1.54, 1.807) is 42.5 Å². The Labute approximate surface area is 150 Å². The number of aliphatic hydroxyl groups excluding tert-OH is 3. The van der Waals surface area contributed by atoms with E-state index in [1.165, 1.54) is 6.08 Å². The van der Waals surface area contributed by atoms with Gasteiger partial charge in [-0.05, 0) is 25.7 Å². The summed E-state index contributed by atoms with van der Waals surface area (Å²) in [4.78, 5) is 10.4. The van der Waals surface area contributed by atoms with E-state index in [2.05, 4.69) is 0 Å². The highest BCUT2D eigenvalue weighted by atomic mass is 16.4. The van der Waals surface area contributed by atoms with Crippen molar-refractivity contribution in [3.8, 4) is 0 Å². The maximum atomic E-state index is 10.4. The zero-order valence-electron chi connectivity index (χ0n) is 14.7. The Hall–Kier alpha value is -1.95. The van der Waals surface area contributed by atoms with Crippen LogP contribution in [0.4, 0.5) is 0 Å². The van der Waals surface area contributed by atoms with Crippen molar-refractivity contribution in [3.63, 3.8) is 0 Å². The minimum atomic E-state index is -1.02. The average Bonchev–Trinajstić information content (AvgIpc) is 2.56. The summed E-state index contributed by atoms with van der Waals surface area (Å²) in [6, 6.07) is 0. The van der Waals surface area contributed by atoms with Crippen LogP contribution in [0.1, 0.15) is 39.0 Å². The Kier molecular flexibility index (Phi) is 14.4. The number of aliphatic hydroxyl groups is 3. The van der Waals surface area contributed by atoms with E-state index in [0.717, 1.165) is 6.42 Å². The van der Waals surface area contributed by atoms with Crippen LogP contribution < -0.4 is 0 Å². The molecular weight excluding hydrogens is 320 g/mol. The Morgan fingerprint density at radius 1 is 0.920 bits per heavy atom. The lowest BCUT2D eigenvalue weighted by atomic mass is 10.1. The molecule has 0 spiro atoms. The molecule has 4 N–H and O–H groups in total. The summed E-state index contributed by atoms with van der Waals surface area (Å²) in [7, 11) is 0. The molecule has 0 aliphatic carbocycles. The van der Waals surface area contributed by atoms with E-state index in [9.17, 15) is 20.1 Å². The van der Waals surface area contributed by atoms with Crippen molar-refractivity contribution in [3.05, 3.63) is 60.8 Å². The van der Waals surface area contributed by atoms with Gasteiger partial charge in [-0.3, -0.25) is 4.79 Å². The van der Waals surface area contributed by atoms with Crippen LogP contribution in [0.15, 0.2) is 60.8 Å². The summed E-state index contributed by atoms with van der Waals surface area (Å²) in [6.45, 7) is 2.04. The molecule has 0 aromatic heterocycles. The smallest absolute Gasteiger partial charge is 0.303 e. The van der Waals surface area contributed by atoms with Crippen LogP contribution >= 0.6 is 0 Å². The number of carboxylic acid groups (broad SMARTS) is 1. The summed E-state index contributed by atoms with van der Waals surface area (Å²) < 4.78 is 0. The summed E-state index contributed by atoms with van der Waals surface area (Å²) in [5, 5.41) is 37.5. The molecule has 0 rings (SSSR count). The fourth-order valence-electron chi connectivity index (χ4n) is 1.87. The molecule has 5 nitrogen and oxygen atoms in total. The molecular formula is C20H30O5. The average molecular weight is 350 g/mol. The fourth-order valence-corrected chi connectivity index (χ4v) is 1.87. The summed E-state index contributed by atoms with van der Waals surface area (Å²) >= 11 is 0. The Bertz CT molecular complexity index is 488. The highest BCUT2D eigenvalue weighted by molar-refractivity contribution is 5.66. The molecule has 0 aromatic carbocycles. The van der Waals surface area contributed by atoms with Crippen LogP contribution in [0.25, 0.3) is 0 Å². The molecule has 0 radical (unpaired) electrons. The first-order valence-corrected chi connectivity index (χ1v) is 8.56. The summed E-state index contributed by atoms with van der Waals surface area (Å²) in [5.41, 5.74) is 0. The van der Waals surface area contributed by atoms with Gasteiger partial charge in [-0.1, -0.05) is 67.7 Å². The van der Waals surface area contributed by atoms with E-state index in [0.29, 0.717) is 12.8 Å². The molecule has 2 unspecified atom stereocenters. The summed E-state index contributed by atoms with van der Waals surface area (Å²) in [6.07, 6.45) is 17.2. The minimum absolute atomic E-state index is 0.0186. The number of aliphatic carboxylic acids is 1. The second-order valence-electron chi connectivity index (χ2n) is 5.57. The first kappa shape index (κ1) is 23.1. The lowest BCUT2D eigenvalue weighted by Crippen LogP contribution is -2.23. The summed E-state index contributed by atoms with van der Waals surface area (Å²) in [5.74, 6) is -0.911. The van der Waals surface area contributed by atoms with Crippen molar-refractivity contribution < 1.29 is 25.2 Å². The Morgan fingerprint density at radius 2 is 1.52 bits per heavy atom. The molecule has 0 saturated carbocycles. The molecule has 0 aromatic rings. The third kappa shape index (κ3) is 15.3. The molecule has 3 atom stereocenters. The number of carboxylic acids is 1. The van der Waals surface area contributed by atoms with Crippen molar-refractivity contribution in [1.82, 2.24) is 0 Å². The molecule has 0 aliphatic rings. The van der Waals surface area contributed by atoms with Crippen molar-refractivity contribution in [2.75, 3.05) is 0 Å². The van der Waals surface area contributed by atoms with Crippen LogP contribution in [-0.2, 0) is 4.79 Å². The number of hydrogen-bond donors (Lipinski definition) is 4. The van der Waals surface area contributed by atoms with Gasteiger partial charge in [0.05, 0.1) is 18.3 Å². The Morgan fingerprint density at radius 3 is 2.12 bits per heavy atom. The van der Waals surface area contributed by atoms with Gasteiger partial charge in [0.25, 0.3) is 0 Å². The molecule has 0 amide bonds. The monoisotopic (exact) mass is 350 g/mol. The van der Waals surface area contributed by atoms with Gasteiger partial charge >= 0.3 is 5.97 Å². The van der Waals surface area contributed by atoms with Gasteiger partial charge in [0.15, 0.2) is 0 Å². The minimum Gasteiger partial charge on any atom is -0.481 e. The SMILES string of the molecule is CC/C=C\CC(O)/C=C/C=C/C=C\C=C/[C@@H](O)C(O)CCCC(=O)O. The highest BCUT2D eigenvalue weighted by Gasteiger charge is 2.12. The molecule has 0 fully saturated rings. The van der Waals surface area contributed by atoms with Crippen molar-refractivity contribution in [2.24, 2.45) is 0 Å². The molecule has 0 bridgehead atoms. The number of hydrogen-bond acceptors (Lipinski definition) is 4. The van der Waals surface area contributed by atoms with E-state index in [4.69, 9.17) is 5.11 Å². The highest BCUT2D eigenvalue weighted by Crippen LogP contribution is 2.06. The molecule has 0 saturated heterocycles. The van der Waals surface area contributed by atoms with Gasteiger partial charge < -0.3 is 20.4 Å². The van der Waals surface area contributed by atoms with Gasteiger partial charge in [0, 0.05) is 6.42 Å². The van der Waals surface area contributed by atoms with E-state index in [-0.39, 0.29) is 12.8 Å². The van der Waals surface area contributed by atoms with Gasteiger partial charge in [0.2, 0.25) is 0 Å². The predicted molar refractivity (Wildman–Crippen MR) is 100 cm³/mol.